The number of carbonyl (C=O) groups excluding carboxylic acids is 1. The van der Waals surface area contributed by atoms with Gasteiger partial charge < -0.3 is 5.73 Å². The number of carbonyl (C=O) groups is 1. The van der Waals surface area contributed by atoms with E-state index in [-0.39, 0.29) is 5.78 Å². The second-order valence-corrected chi connectivity index (χ2v) is 4.15. The number of ketones is 1. The second-order valence-electron chi connectivity index (χ2n) is 3.30. The van der Waals surface area contributed by atoms with Crippen LogP contribution in [0, 0.1) is 5.82 Å². The van der Waals surface area contributed by atoms with Gasteiger partial charge >= 0.3 is 0 Å². The molecule has 0 heterocycles. The fraction of sp³-hybridized carbons (Fsp3) is 0.364. The number of nitrogens with two attached hydrogens (primary N) is 1. The molecule has 1 rings (SSSR count). The Morgan fingerprint density at radius 2 is 2.13 bits per heavy atom. The lowest BCUT2D eigenvalue weighted by Gasteiger charge is -2.01. The van der Waals surface area contributed by atoms with E-state index in [4.69, 9.17) is 5.73 Å². The van der Waals surface area contributed by atoms with E-state index in [2.05, 4.69) is 15.9 Å². The van der Waals surface area contributed by atoms with Crippen molar-refractivity contribution < 1.29 is 9.18 Å². The van der Waals surface area contributed by atoms with Crippen LogP contribution in [0.4, 0.5) is 4.39 Å². The number of unbranched alkanes of at least 4 members (excludes halogenated alkanes) is 1. The first-order chi connectivity index (χ1) is 7.15. The van der Waals surface area contributed by atoms with E-state index in [1.165, 1.54) is 6.07 Å². The SMILES string of the molecule is NCCCCC(=O)c1ccc(Br)c(F)c1. The fourth-order valence-corrected chi connectivity index (χ4v) is 1.49. The van der Waals surface area contributed by atoms with Crippen LogP contribution in [0.25, 0.3) is 0 Å². The third-order valence-corrected chi connectivity index (χ3v) is 2.74. The molecule has 0 saturated carbocycles. The normalized spacial score (nSPS) is 10.3. The van der Waals surface area contributed by atoms with Crippen molar-refractivity contribution in [1.82, 2.24) is 0 Å². The molecule has 0 unspecified atom stereocenters. The van der Waals surface area contributed by atoms with Crippen LogP contribution in [0.15, 0.2) is 22.7 Å². The maximum Gasteiger partial charge on any atom is 0.162 e. The van der Waals surface area contributed by atoms with E-state index < -0.39 is 5.82 Å². The molecule has 0 saturated heterocycles. The summed E-state index contributed by atoms with van der Waals surface area (Å²) in [5.74, 6) is -0.436. The highest BCUT2D eigenvalue weighted by molar-refractivity contribution is 9.10. The Morgan fingerprint density at radius 1 is 1.40 bits per heavy atom. The molecule has 2 N–H and O–H groups in total. The van der Waals surface area contributed by atoms with Crippen LogP contribution < -0.4 is 5.73 Å². The quantitative estimate of drug-likeness (QED) is 0.662. The Hall–Kier alpha value is -0.740. The predicted octanol–water partition coefficient (Wildman–Crippen LogP) is 2.90. The van der Waals surface area contributed by atoms with Crippen molar-refractivity contribution in [2.24, 2.45) is 5.73 Å². The summed E-state index contributed by atoms with van der Waals surface area (Å²) in [5.41, 5.74) is 5.74. The summed E-state index contributed by atoms with van der Waals surface area (Å²) in [5, 5.41) is 0. The number of hydrogen-bond donors (Lipinski definition) is 1. The van der Waals surface area contributed by atoms with Gasteiger partial charge in [0.25, 0.3) is 0 Å². The molecule has 0 aromatic heterocycles. The lowest BCUT2D eigenvalue weighted by Crippen LogP contribution is -2.03. The van der Waals surface area contributed by atoms with Crippen molar-refractivity contribution >= 4 is 21.7 Å². The number of hydrogen-bond acceptors (Lipinski definition) is 2. The number of benzene rings is 1. The summed E-state index contributed by atoms with van der Waals surface area (Å²) < 4.78 is 13.5. The average Bonchev–Trinajstić information content (AvgIpc) is 2.22. The smallest absolute Gasteiger partial charge is 0.162 e. The number of rotatable bonds is 5. The molecule has 0 radical (unpaired) electrons. The van der Waals surface area contributed by atoms with Gasteiger partial charge in [-0.3, -0.25) is 4.79 Å². The van der Waals surface area contributed by atoms with Crippen LogP contribution in [0.2, 0.25) is 0 Å². The van der Waals surface area contributed by atoms with Crippen LogP contribution in [0.1, 0.15) is 29.6 Å². The Bertz CT molecular complexity index is 354. The minimum Gasteiger partial charge on any atom is -0.330 e. The summed E-state index contributed by atoms with van der Waals surface area (Å²) >= 11 is 3.04. The summed E-state index contributed by atoms with van der Waals surface area (Å²) in [7, 11) is 0. The zero-order valence-electron chi connectivity index (χ0n) is 8.30. The molecule has 0 amide bonds. The molecule has 0 fully saturated rings. The van der Waals surface area contributed by atoms with Crippen molar-refractivity contribution in [2.75, 3.05) is 6.54 Å². The Balaban J connectivity index is 2.62. The van der Waals surface area contributed by atoms with E-state index in [9.17, 15) is 9.18 Å². The molecule has 0 aliphatic rings. The van der Waals surface area contributed by atoms with E-state index in [0.29, 0.717) is 23.0 Å². The predicted molar refractivity (Wildman–Crippen MR) is 61.3 cm³/mol. The summed E-state index contributed by atoms with van der Waals surface area (Å²) in [6.07, 6.45) is 2.01. The lowest BCUT2D eigenvalue weighted by molar-refractivity contribution is 0.0979. The maximum atomic E-state index is 13.1. The molecule has 82 valence electrons. The largest absolute Gasteiger partial charge is 0.330 e. The molecule has 1 aromatic rings. The summed E-state index contributed by atoms with van der Waals surface area (Å²) in [4.78, 5) is 11.6. The van der Waals surface area contributed by atoms with Gasteiger partial charge in [-0.05, 0) is 47.4 Å². The minimum absolute atomic E-state index is 0.0325. The molecule has 1 aromatic carbocycles. The third-order valence-electron chi connectivity index (χ3n) is 2.10. The fourth-order valence-electron chi connectivity index (χ4n) is 1.24. The molecule has 4 heteroatoms. The third kappa shape index (κ3) is 3.72. The molecule has 0 spiro atoms. The highest BCUT2D eigenvalue weighted by Gasteiger charge is 2.08. The Kier molecular flexibility index (Phi) is 4.91. The van der Waals surface area contributed by atoms with Crippen LogP contribution in [0.3, 0.4) is 0 Å². The molecule has 0 bridgehead atoms. The zero-order valence-corrected chi connectivity index (χ0v) is 9.89. The van der Waals surface area contributed by atoms with Gasteiger partial charge in [0.15, 0.2) is 5.78 Å². The highest BCUT2D eigenvalue weighted by atomic mass is 79.9. The zero-order chi connectivity index (χ0) is 11.3. The molecular weight excluding hydrogens is 261 g/mol. The van der Waals surface area contributed by atoms with Gasteiger partial charge in [-0.1, -0.05) is 6.07 Å². The molecular formula is C11H13BrFNO. The van der Waals surface area contributed by atoms with Crippen molar-refractivity contribution in [3.63, 3.8) is 0 Å². The number of halogens is 2. The van der Waals surface area contributed by atoms with E-state index in [1.807, 2.05) is 0 Å². The van der Waals surface area contributed by atoms with Crippen molar-refractivity contribution in [3.05, 3.63) is 34.1 Å². The monoisotopic (exact) mass is 273 g/mol. The molecule has 0 aliphatic heterocycles. The standard InChI is InChI=1S/C11H13BrFNO/c12-9-5-4-8(7-10(9)13)11(15)3-1-2-6-14/h4-5,7H,1-3,6,14H2. The van der Waals surface area contributed by atoms with E-state index in [1.54, 1.807) is 12.1 Å². The Morgan fingerprint density at radius 3 is 2.73 bits per heavy atom. The van der Waals surface area contributed by atoms with Gasteiger partial charge in [-0.15, -0.1) is 0 Å². The van der Waals surface area contributed by atoms with Gasteiger partial charge in [0.05, 0.1) is 4.47 Å². The van der Waals surface area contributed by atoms with Gasteiger partial charge in [0, 0.05) is 12.0 Å². The van der Waals surface area contributed by atoms with Crippen LogP contribution in [-0.2, 0) is 0 Å². The topological polar surface area (TPSA) is 43.1 Å². The van der Waals surface area contributed by atoms with Crippen LogP contribution >= 0.6 is 15.9 Å². The first-order valence-corrected chi connectivity index (χ1v) is 5.62. The average molecular weight is 274 g/mol. The van der Waals surface area contributed by atoms with Crippen molar-refractivity contribution in [1.29, 1.82) is 0 Å². The molecule has 15 heavy (non-hydrogen) atoms. The van der Waals surface area contributed by atoms with Crippen LogP contribution in [-0.4, -0.2) is 12.3 Å². The van der Waals surface area contributed by atoms with Gasteiger partial charge in [0.2, 0.25) is 0 Å². The first-order valence-electron chi connectivity index (χ1n) is 4.83. The van der Waals surface area contributed by atoms with Gasteiger partial charge in [-0.2, -0.15) is 0 Å². The van der Waals surface area contributed by atoms with Gasteiger partial charge in [-0.25, -0.2) is 4.39 Å². The summed E-state index contributed by atoms with van der Waals surface area (Å²) in [6, 6.07) is 4.43. The molecule has 0 atom stereocenters. The molecule has 0 aliphatic carbocycles. The Labute approximate surface area is 96.8 Å². The maximum absolute atomic E-state index is 13.1. The highest BCUT2D eigenvalue weighted by Crippen LogP contribution is 2.17. The second kappa shape index (κ2) is 5.98. The van der Waals surface area contributed by atoms with Crippen LogP contribution in [0.5, 0.6) is 0 Å². The van der Waals surface area contributed by atoms with E-state index >= 15 is 0 Å². The lowest BCUT2D eigenvalue weighted by atomic mass is 10.1. The van der Waals surface area contributed by atoms with Crippen molar-refractivity contribution in [3.8, 4) is 0 Å². The van der Waals surface area contributed by atoms with Crippen molar-refractivity contribution in [2.45, 2.75) is 19.3 Å². The minimum atomic E-state index is -0.403. The molecule has 2 nitrogen and oxygen atoms in total. The first kappa shape index (κ1) is 12.3. The van der Waals surface area contributed by atoms with Gasteiger partial charge in [0.1, 0.15) is 5.82 Å². The van der Waals surface area contributed by atoms with E-state index in [0.717, 1.165) is 12.8 Å². The number of Topliss-reactive ketones (excluding diaryl/α,β-unsaturated/α-hetero) is 1. The summed E-state index contributed by atoms with van der Waals surface area (Å²) in [6.45, 7) is 0.585.